The van der Waals surface area contributed by atoms with Crippen LogP contribution in [0.15, 0.2) is 203 Å². The van der Waals surface area contributed by atoms with Crippen LogP contribution in [0.25, 0.3) is 88.3 Å². The molecule has 0 N–H and O–H groups in total. The molecule has 0 spiro atoms. The Morgan fingerprint density at radius 1 is 0.364 bits per heavy atom. The second-order valence-electron chi connectivity index (χ2n) is 14.0. The lowest BCUT2D eigenvalue weighted by Gasteiger charge is -2.27. The van der Waals surface area contributed by atoms with Crippen LogP contribution in [-0.4, -0.2) is 4.98 Å². The highest BCUT2D eigenvalue weighted by Crippen LogP contribution is 2.47. The molecule has 0 bridgehead atoms. The first kappa shape index (κ1) is 31.1. The zero-order valence-corrected chi connectivity index (χ0v) is 29.7. The quantitative estimate of drug-likeness (QED) is 0.173. The summed E-state index contributed by atoms with van der Waals surface area (Å²) in [6.07, 6.45) is 0. The van der Waals surface area contributed by atoms with Gasteiger partial charge in [-0.25, -0.2) is 4.98 Å². The van der Waals surface area contributed by atoms with Gasteiger partial charge in [0.15, 0.2) is 11.2 Å². The molecule has 0 atom stereocenters. The molecule has 0 aliphatic heterocycles. The molecule has 0 saturated heterocycles. The van der Waals surface area contributed by atoms with Crippen LogP contribution in [0, 0.1) is 0 Å². The van der Waals surface area contributed by atoms with Crippen molar-refractivity contribution in [3.63, 3.8) is 0 Å². The van der Waals surface area contributed by atoms with Crippen molar-refractivity contribution in [2.24, 2.45) is 0 Å². The third-order valence-corrected chi connectivity index (χ3v) is 10.6. The van der Waals surface area contributed by atoms with Crippen molar-refractivity contribution in [2.75, 3.05) is 4.90 Å². The van der Waals surface area contributed by atoms with Crippen LogP contribution in [0.2, 0.25) is 0 Å². The summed E-state index contributed by atoms with van der Waals surface area (Å²) in [5, 5.41) is 6.77. The maximum absolute atomic E-state index is 7.03. The van der Waals surface area contributed by atoms with Crippen LogP contribution in [0.3, 0.4) is 0 Å². The monoisotopic (exact) mass is 704 g/mol. The van der Waals surface area contributed by atoms with Crippen LogP contribution in [0.5, 0.6) is 0 Å². The fourth-order valence-corrected chi connectivity index (χ4v) is 7.92. The minimum Gasteiger partial charge on any atom is -0.454 e. The van der Waals surface area contributed by atoms with Gasteiger partial charge in [0.1, 0.15) is 11.1 Å². The Morgan fingerprint density at radius 2 is 1.00 bits per heavy atom. The molecule has 11 rings (SSSR count). The average Bonchev–Trinajstić information content (AvgIpc) is 3.85. The summed E-state index contributed by atoms with van der Waals surface area (Å²) in [5.41, 5.74) is 11.8. The maximum Gasteiger partial charge on any atom is 0.227 e. The van der Waals surface area contributed by atoms with Gasteiger partial charge in [0, 0.05) is 33.1 Å². The lowest BCUT2D eigenvalue weighted by atomic mass is 9.99. The molecule has 0 unspecified atom stereocenters. The molecule has 2 heterocycles. The highest BCUT2D eigenvalue weighted by molar-refractivity contribution is 6.19. The zero-order chi connectivity index (χ0) is 36.3. The van der Waals surface area contributed by atoms with E-state index in [2.05, 4.69) is 163 Å². The summed E-state index contributed by atoms with van der Waals surface area (Å²) in [6, 6.07) is 68.2. The summed E-state index contributed by atoms with van der Waals surface area (Å²) in [6.45, 7) is 0. The number of aromatic nitrogens is 1. The fraction of sp³-hybridized carbons (Fsp3) is 0. The number of furan rings is 1. The molecule has 0 saturated carbocycles. The second kappa shape index (κ2) is 12.6. The van der Waals surface area contributed by atoms with Gasteiger partial charge in [0.2, 0.25) is 5.89 Å². The van der Waals surface area contributed by atoms with E-state index < -0.39 is 0 Å². The van der Waals surface area contributed by atoms with E-state index in [-0.39, 0.29) is 0 Å². The minimum atomic E-state index is 0.616. The number of hydrogen-bond donors (Lipinski definition) is 0. The molecule has 55 heavy (non-hydrogen) atoms. The lowest BCUT2D eigenvalue weighted by Crippen LogP contribution is -2.11. The van der Waals surface area contributed by atoms with E-state index in [4.69, 9.17) is 13.8 Å². The number of rotatable bonds is 6. The van der Waals surface area contributed by atoms with Gasteiger partial charge in [-0.2, -0.15) is 0 Å². The third kappa shape index (κ3) is 5.34. The summed E-state index contributed by atoms with van der Waals surface area (Å²) < 4.78 is 13.2. The molecule has 4 nitrogen and oxygen atoms in total. The van der Waals surface area contributed by atoms with Crippen LogP contribution in [0.1, 0.15) is 0 Å². The number of benzene rings is 9. The van der Waals surface area contributed by atoms with Crippen molar-refractivity contribution in [3.8, 4) is 33.7 Å². The second-order valence-corrected chi connectivity index (χ2v) is 14.0. The minimum absolute atomic E-state index is 0.616. The molecule has 11 aromatic rings. The standard InChI is InChI=1S/C51H32N2O2/c1-3-11-33(12-4-1)35-19-24-41(25-20-35)53(42-26-21-34-13-7-8-16-37(34)29-42)49-43-18-10-9-17-40(43)30-45-44-27-22-39(32-48(44)54-50(45)49)38-23-28-47-46(31-38)52-51(55-47)36-14-5-2-6-15-36/h1-32H. The molecule has 0 aliphatic rings. The largest absolute Gasteiger partial charge is 0.454 e. The molecule has 0 radical (unpaired) electrons. The average molecular weight is 705 g/mol. The number of oxazole rings is 1. The van der Waals surface area contributed by atoms with Crippen molar-refractivity contribution in [1.82, 2.24) is 4.98 Å². The Bertz CT molecular complexity index is 3200. The van der Waals surface area contributed by atoms with E-state index in [0.29, 0.717) is 5.89 Å². The predicted octanol–water partition coefficient (Wildman–Crippen LogP) is 14.5. The van der Waals surface area contributed by atoms with Gasteiger partial charge in [-0.05, 0) is 105 Å². The summed E-state index contributed by atoms with van der Waals surface area (Å²) in [5.74, 6) is 0.616. The molecule has 0 fully saturated rings. The number of anilines is 3. The summed E-state index contributed by atoms with van der Waals surface area (Å²) in [4.78, 5) is 7.19. The molecule has 2 aromatic heterocycles. The van der Waals surface area contributed by atoms with Crippen LogP contribution < -0.4 is 4.90 Å². The Kier molecular flexibility index (Phi) is 7.14. The molecular formula is C51H32N2O2. The Morgan fingerprint density at radius 3 is 1.82 bits per heavy atom. The van der Waals surface area contributed by atoms with Crippen LogP contribution >= 0.6 is 0 Å². The van der Waals surface area contributed by atoms with Crippen LogP contribution in [-0.2, 0) is 0 Å². The van der Waals surface area contributed by atoms with Gasteiger partial charge >= 0.3 is 0 Å². The normalized spacial score (nSPS) is 11.6. The molecule has 258 valence electrons. The zero-order valence-electron chi connectivity index (χ0n) is 29.7. The van der Waals surface area contributed by atoms with Crippen molar-refractivity contribution < 1.29 is 8.83 Å². The van der Waals surface area contributed by atoms with Gasteiger partial charge in [0.05, 0.1) is 5.69 Å². The first-order valence-electron chi connectivity index (χ1n) is 18.5. The topological polar surface area (TPSA) is 42.4 Å². The van der Waals surface area contributed by atoms with E-state index in [9.17, 15) is 0 Å². The van der Waals surface area contributed by atoms with E-state index in [1.807, 2.05) is 36.4 Å². The Labute approximate surface area is 317 Å². The summed E-state index contributed by atoms with van der Waals surface area (Å²) in [7, 11) is 0. The van der Waals surface area contributed by atoms with Crippen molar-refractivity contribution in [2.45, 2.75) is 0 Å². The molecule has 0 amide bonds. The number of fused-ring (bicyclic) bond motifs is 6. The molecule has 9 aromatic carbocycles. The lowest BCUT2D eigenvalue weighted by molar-refractivity contribution is 0.620. The summed E-state index contributed by atoms with van der Waals surface area (Å²) >= 11 is 0. The predicted molar refractivity (Wildman–Crippen MR) is 227 cm³/mol. The van der Waals surface area contributed by atoms with Gasteiger partial charge < -0.3 is 13.7 Å². The van der Waals surface area contributed by atoms with Gasteiger partial charge in [-0.15, -0.1) is 0 Å². The SMILES string of the molecule is c1ccc(-c2ccc(N(c3ccc4ccccc4c3)c3c4ccccc4cc4c3oc3cc(-c5ccc6oc(-c7ccccc7)nc6c5)ccc34)cc2)cc1. The van der Waals surface area contributed by atoms with Gasteiger partial charge in [-0.3, -0.25) is 0 Å². The number of hydrogen-bond acceptors (Lipinski definition) is 4. The molecule has 0 aliphatic carbocycles. The van der Waals surface area contributed by atoms with E-state index >= 15 is 0 Å². The van der Waals surface area contributed by atoms with Gasteiger partial charge in [-0.1, -0.05) is 127 Å². The van der Waals surface area contributed by atoms with Crippen molar-refractivity contribution in [1.29, 1.82) is 0 Å². The van der Waals surface area contributed by atoms with Crippen molar-refractivity contribution >= 4 is 71.6 Å². The first-order valence-corrected chi connectivity index (χ1v) is 18.5. The Hall–Kier alpha value is -7.43. The highest BCUT2D eigenvalue weighted by atomic mass is 16.3. The molecule has 4 heteroatoms. The van der Waals surface area contributed by atoms with E-state index in [1.165, 1.54) is 21.9 Å². The number of nitrogens with zero attached hydrogens (tertiary/aromatic N) is 2. The fourth-order valence-electron chi connectivity index (χ4n) is 7.92. The Balaban J connectivity index is 1.10. The first-order chi connectivity index (χ1) is 27.2. The smallest absolute Gasteiger partial charge is 0.227 e. The van der Waals surface area contributed by atoms with Crippen molar-refractivity contribution in [3.05, 3.63) is 194 Å². The third-order valence-electron chi connectivity index (χ3n) is 10.6. The molecular weight excluding hydrogens is 673 g/mol. The maximum atomic E-state index is 7.03. The van der Waals surface area contributed by atoms with E-state index in [1.54, 1.807) is 0 Å². The van der Waals surface area contributed by atoms with Crippen LogP contribution in [0.4, 0.5) is 17.1 Å². The van der Waals surface area contributed by atoms with Gasteiger partial charge in [0.25, 0.3) is 0 Å². The highest BCUT2D eigenvalue weighted by Gasteiger charge is 2.23. The van der Waals surface area contributed by atoms with E-state index in [0.717, 1.165) is 77.6 Å².